The summed E-state index contributed by atoms with van der Waals surface area (Å²) in [6.07, 6.45) is 1.28. The highest BCUT2D eigenvalue weighted by Crippen LogP contribution is 2.20. The first-order valence-electron chi connectivity index (χ1n) is 5.85. The Kier molecular flexibility index (Phi) is 4.44. The zero-order valence-corrected chi connectivity index (χ0v) is 12.2. The Bertz CT molecular complexity index is 699. The van der Waals surface area contributed by atoms with Gasteiger partial charge in [-0.3, -0.25) is 5.10 Å². The molecule has 20 heavy (non-hydrogen) atoms. The van der Waals surface area contributed by atoms with E-state index < -0.39 is 22.7 Å². The lowest BCUT2D eigenvalue weighted by atomic mass is 10.1. The Morgan fingerprint density at radius 3 is 2.90 bits per heavy atom. The fourth-order valence-electron chi connectivity index (χ4n) is 1.78. The third-order valence-electron chi connectivity index (χ3n) is 2.80. The second-order valence-electron chi connectivity index (χ2n) is 4.28. The molecule has 2 aromatic rings. The second-order valence-corrected chi connectivity index (χ2v) is 6.37. The van der Waals surface area contributed by atoms with Crippen LogP contribution < -0.4 is 4.72 Å². The molecule has 0 fully saturated rings. The minimum atomic E-state index is -3.79. The van der Waals surface area contributed by atoms with Gasteiger partial charge < -0.3 is 5.11 Å². The van der Waals surface area contributed by atoms with E-state index in [1.807, 2.05) is 0 Å². The predicted molar refractivity (Wildman–Crippen MR) is 74.7 cm³/mol. The highest BCUT2D eigenvalue weighted by Gasteiger charge is 2.23. The lowest BCUT2D eigenvalue weighted by molar-refractivity contribution is 0.278. The number of nitrogens with zero attached hydrogens (tertiary/aromatic N) is 1. The van der Waals surface area contributed by atoms with Crippen LogP contribution in [0.3, 0.4) is 0 Å². The van der Waals surface area contributed by atoms with E-state index in [9.17, 15) is 8.42 Å². The number of nitrogens with one attached hydrogen (secondary N) is 2. The monoisotopic (exact) mass is 315 g/mol. The third-order valence-corrected chi connectivity index (χ3v) is 4.59. The van der Waals surface area contributed by atoms with E-state index >= 15 is 0 Å². The van der Waals surface area contributed by atoms with Gasteiger partial charge in [0.05, 0.1) is 12.8 Å². The fraction of sp³-hybridized carbons (Fsp3) is 0.250. The average Bonchev–Trinajstić information content (AvgIpc) is 2.87. The number of H-pyrrole nitrogens is 1. The highest BCUT2D eigenvalue weighted by atomic mass is 35.5. The van der Waals surface area contributed by atoms with Crippen molar-refractivity contribution in [2.75, 3.05) is 0 Å². The van der Waals surface area contributed by atoms with Gasteiger partial charge in [-0.1, -0.05) is 23.7 Å². The van der Waals surface area contributed by atoms with Crippen LogP contribution in [-0.2, 0) is 16.6 Å². The molecule has 1 atom stereocenters. The third kappa shape index (κ3) is 3.18. The van der Waals surface area contributed by atoms with Crippen molar-refractivity contribution >= 4 is 21.6 Å². The van der Waals surface area contributed by atoms with Crippen LogP contribution in [0.4, 0.5) is 0 Å². The van der Waals surface area contributed by atoms with Gasteiger partial charge in [-0.15, -0.1) is 0 Å². The summed E-state index contributed by atoms with van der Waals surface area (Å²) < 4.78 is 26.9. The smallest absolute Gasteiger partial charge is 0.258 e. The Hall–Kier alpha value is -1.41. The van der Waals surface area contributed by atoms with E-state index in [1.165, 1.54) is 6.20 Å². The Labute approximate surface area is 121 Å². The average molecular weight is 316 g/mol. The zero-order chi connectivity index (χ0) is 14.8. The summed E-state index contributed by atoms with van der Waals surface area (Å²) in [7, 11) is -3.79. The van der Waals surface area contributed by atoms with E-state index in [-0.39, 0.29) is 10.6 Å². The van der Waals surface area contributed by atoms with Crippen molar-refractivity contribution in [3.8, 4) is 0 Å². The Balaban J connectivity index is 2.24. The molecule has 0 aliphatic rings. The number of aromatic amines is 1. The number of hydrogen-bond acceptors (Lipinski definition) is 4. The molecule has 2 rings (SSSR count). The lowest BCUT2D eigenvalue weighted by Crippen LogP contribution is -2.28. The summed E-state index contributed by atoms with van der Waals surface area (Å²) in [4.78, 5) is 0. The van der Waals surface area contributed by atoms with Crippen LogP contribution in [0.25, 0.3) is 0 Å². The molecule has 6 nitrogen and oxygen atoms in total. The van der Waals surface area contributed by atoms with Crippen LogP contribution in [0.1, 0.15) is 24.1 Å². The molecule has 0 saturated carbocycles. The number of hydrogen-bond donors (Lipinski definition) is 3. The number of aliphatic hydroxyl groups excluding tert-OH is 1. The zero-order valence-electron chi connectivity index (χ0n) is 10.7. The van der Waals surface area contributed by atoms with Gasteiger partial charge in [0.1, 0.15) is 0 Å². The summed E-state index contributed by atoms with van der Waals surface area (Å²) in [6, 6.07) is 6.46. The molecule has 0 aliphatic carbocycles. The first kappa shape index (κ1) is 15.0. The number of halogens is 1. The van der Waals surface area contributed by atoms with Crippen LogP contribution in [0.15, 0.2) is 35.5 Å². The van der Waals surface area contributed by atoms with Gasteiger partial charge in [-0.05, 0) is 24.6 Å². The standard InChI is InChI=1S/C12H14ClN3O3S/c1-8(9-3-2-4-11(13)5-9)16-20(18,19)12-10(7-17)6-14-15-12/h2-6,8,16-17H,7H2,1H3,(H,14,15). The fourth-order valence-corrected chi connectivity index (χ4v) is 3.33. The molecule has 3 N–H and O–H groups in total. The van der Waals surface area contributed by atoms with Crippen molar-refractivity contribution in [2.24, 2.45) is 0 Å². The molecule has 0 amide bonds. The van der Waals surface area contributed by atoms with Crippen molar-refractivity contribution < 1.29 is 13.5 Å². The molecule has 0 spiro atoms. The van der Waals surface area contributed by atoms with Gasteiger partial charge in [0.15, 0.2) is 5.03 Å². The minimum absolute atomic E-state index is 0.131. The van der Waals surface area contributed by atoms with Crippen LogP contribution in [-0.4, -0.2) is 23.7 Å². The van der Waals surface area contributed by atoms with Crippen LogP contribution in [0.5, 0.6) is 0 Å². The van der Waals surface area contributed by atoms with Crippen molar-refractivity contribution in [3.63, 3.8) is 0 Å². The van der Waals surface area contributed by atoms with Crippen LogP contribution in [0.2, 0.25) is 5.02 Å². The van der Waals surface area contributed by atoms with E-state index in [0.717, 1.165) is 5.56 Å². The summed E-state index contributed by atoms with van der Waals surface area (Å²) in [6.45, 7) is 1.30. The molecular weight excluding hydrogens is 302 g/mol. The van der Waals surface area contributed by atoms with Gasteiger partial charge in [-0.2, -0.15) is 5.10 Å². The molecule has 0 radical (unpaired) electrons. The highest BCUT2D eigenvalue weighted by molar-refractivity contribution is 7.89. The van der Waals surface area contributed by atoms with Gasteiger partial charge >= 0.3 is 0 Å². The number of aromatic nitrogens is 2. The predicted octanol–water partition coefficient (Wildman–Crippen LogP) is 1.59. The maximum absolute atomic E-state index is 12.2. The van der Waals surface area contributed by atoms with E-state index in [2.05, 4.69) is 14.9 Å². The molecule has 108 valence electrons. The SMILES string of the molecule is CC(NS(=O)(=O)c1[nH]ncc1CO)c1cccc(Cl)c1. The normalized spacial score (nSPS) is 13.3. The Morgan fingerprint density at radius 1 is 1.50 bits per heavy atom. The number of sulfonamides is 1. The van der Waals surface area contributed by atoms with Gasteiger partial charge in [0.25, 0.3) is 10.0 Å². The van der Waals surface area contributed by atoms with Gasteiger partial charge in [-0.25, -0.2) is 13.1 Å². The largest absolute Gasteiger partial charge is 0.392 e. The number of rotatable bonds is 5. The van der Waals surface area contributed by atoms with E-state index in [1.54, 1.807) is 31.2 Å². The van der Waals surface area contributed by atoms with E-state index in [0.29, 0.717) is 5.02 Å². The second kappa shape index (κ2) is 5.92. The van der Waals surface area contributed by atoms with Crippen LogP contribution >= 0.6 is 11.6 Å². The number of benzene rings is 1. The molecule has 1 unspecified atom stereocenters. The number of aliphatic hydroxyl groups is 1. The minimum Gasteiger partial charge on any atom is -0.392 e. The molecule has 0 bridgehead atoms. The van der Waals surface area contributed by atoms with Crippen molar-refractivity contribution in [1.29, 1.82) is 0 Å². The maximum atomic E-state index is 12.2. The van der Waals surface area contributed by atoms with Crippen molar-refractivity contribution in [3.05, 3.63) is 46.6 Å². The quantitative estimate of drug-likeness (QED) is 0.781. The summed E-state index contributed by atoms with van der Waals surface area (Å²) in [5, 5.41) is 15.5. The lowest BCUT2D eigenvalue weighted by Gasteiger charge is -2.14. The first-order chi connectivity index (χ1) is 9.44. The van der Waals surface area contributed by atoms with Crippen molar-refractivity contribution in [2.45, 2.75) is 24.6 Å². The van der Waals surface area contributed by atoms with Gasteiger partial charge in [0.2, 0.25) is 0 Å². The molecule has 1 heterocycles. The molecule has 8 heteroatoms. The maximum Gasteiger partial charge on any atom is 0.258 e. The topological polar surface area (TPSA) is 95.1 Å². The molecule has 0 saturated heterocycles. The molecule has 0 aliphatic heterocycles. The summed E-state index contributed by atoms with van der Waals surface area (Å²) >= 11 is 5.88. The Morgan fingerprint density at radius 2 is 2.25 bits per heavy atom. The molecule has 1 aromatic heterocycles. The molecule has 1 aromatic carbocycles. The first-order valence-corrected chi connectivity index (χ1v) is 7.71. The van der Waals surface area contributed by atoms with Crippen molar-refractivity contribution in [1.82, 2.24) is 14.9 Å². The van der Waals surface area contributed by atoms with Crippen LogP contribution in [0, 0.1) is 0 Å². The summed E-state index contributed by atoms with van der Waals surface area (Å²) in [5.74, 6) is 0. The van der Waals surface area contributed by atoms with Gasteiger partial charge in [0, 0.05) is 16.6 Å². The summed E-state index contributed by atoms with van der Waals surface area (Å²) in [5.41, 5.74) is 0.960. The van der Waals surface area contributed by atoms with E-state index in [4.69, 9.17) is 16.7 Å². The molecular formula is C12H14ClN3O3S.